The first-order valence-electron chi connectivity index (χ1n) is 6.89. The van der Waals surface area contributed by atoms with Crippen molar-refractivity contribution < 1.29 is 14.4 Å². The number of carbonyl (C=O) groups is 3. The largest absolute Gasteiger partial charge is 0.335 e. The maximum Gasteiger partial charge on any atom is 0.335 e. The number of hydrogen-bond acceptors (Lipinski definition) is 3. The summed E-state index contributed by atoms with van der Waals surface area (Å²) in [7, 11) is 0. The van der Waals surface area contributed by atoms with Gasteiger partial charge < -0.3 is 0 Å². The van der Waals surface area contributed by atoms with Crippen LogP contribution in [-0.4, -0.2) is 17.8 Å². The van der Waals surface area contributed by atoms with Crippen LogP contribution in [0.1, 0.15) is 5.56 Å². The summed E-state index contributed by atoms with van der Waals surface area (Å²) < 4.78 is 0.703. The van der Waals surface area contributed by atoms with E-state index >= 15 is 0 Å². The number of barbiturate groups is 1. The molecule has 7 heteroatoms. The second-order valence-corrected chi connectivity index (χ2v) is 6.28. The van der Waals surface area contributed by atoms with Crippen molar-refractivity contribution >= 4 is 57.1 Å². The van der Waals surface area contributed by atoms with Gasteiger partial charge in [-0.3, -0.25) is 14.9 Å². The molecule has 2 aromatic rings. The molecule has 0 radical (unpaired) electrons. The molecule has 0 unspecified atom stereocenters. The van der Waals surface area contributed by atoms with Crippen molar-refractivity contribution in [2.24, 2.45) is 0 Å². The number of carbonyl (C=O) groups excluding carboxylic acids is 3. The minimum absolute atomic E-state index is 0.164. The van der Waals surface area contributed by atoms with Crippen LogP contribution < -0.4 is 10.2 Å². The SMILES string of the molecule is O=C1NC(=O)N(c2cccc(Br)c2)C(=O)C1=Cc1ccccc1Cl. The molecular formula is C17H10BrClN2O3. The highest BCUT2D eigenvalue weighted by Crippen LogP contribution is 2.26. The number of hydrogen-bond donors (Lipinski definition) is 1. The van der Waals surface area contributed by atoms with Crippen LogP contribution in [0.3, 0.4) is 0 Å². The molecule has 2 aromatic carbocycles. The van der Waals surface area contributed by atoms with Crippen molar-refractivity contribution in [3.05, 3.63) is 69.2 Å². The summed E-state index contributed by atoms with van der Waals surface area (Å²) in [6.07, 6.45) is 1.37. The Balaban J connectivity index is 2.05. The van der Waals surface area contributed by atoms with Crippen molar-refractivity contribution in [2.45, 2.75) is 0 Å². The molecule has 1 aliphatic rings. The van der Waals surface area contributed by atoms with E-state index in [0.717, 1.165) is 4.90 Å². The Bertz CT molecular complexity index is 895. The van der Waals surface area contributed by atoms with Crippen molar-refractivity contribution in [3.63, 3.8) is 0 Å². The van der Waals surface area contributed by atoms with E-state index in [-0.39, 0.29) is 5.57 Å². The summed E-state index contributed by atoms with van der Waals surface area (Å²) in [6, 6.07) is 12.7. The Kier molecular flexibility index (Phi) is 4.51. The number of rotatable bonds is 2. The van der Waals surface area contributed by atoms with Crippen LogP contribution in [0.4, 0.5) is 10.5 Å². The monoisotopic (exact) mass is 404 g/mol. The van der Waals surface area contributed by atoms with Crippen molar-refractivity contribution in [3.8, 4) is 0 Å². The van der Waals surface area contributed by atoms with Gasteiger partial charge in [0.25, 0.3) is 11.8 Å². The zero-order valence-corrected chi connectivity index (χ0v) is 14.5. The number of nitrogens with one attached hydrogen (secondary N) is 1. The summed E-state index contributed by atoms with van der Waals surface area (Å²) >= 11 is 9.36. The van der Waals surface area contributed by atoms with Gasteiger partial charge in [0.1, 0.15) is 5.57 Å². The Hall–Kier alpha value is -2.44. The van der Waals surface area contributed by atoms with Gasteiger partial charge >= 0.3 is 6.03 Å². The van der Waals surface area contributed by atoms with Crippen molar-refractivity contribution in [1.82, 2.24) is 5.32 Å². The molecule has 0 atom stereocenters. The van der Waals surface area contributed by atoms with Crippen LogP contribution >= 0.6 is 27.5 Å². The van der Waals surface area contributed by atoms with Gasteiger partial charge in [-0.25, -0.2) is 9.69 Å². The summed E-state index contributed by atoms with van der Waals surface area (Å²) in [6.45, 7) is 0. The average Bonchev–Trinajstić information content (AvgIpc) is 2.53. The van der Waals surface area contributed by atoms with E-state index in [1.165, 1.54) is 6.08 Å². The lowest BCUT2D eigenvalue weighted by molar-refractivity contribution is -0.122. The quantitative estimate of drug-likeness (QED) is 0.611. The summed E-state index contributed by atoms with van der Waals surface area (Å²) in [5.41, 5.74) is 0.702. The summed E-state index contributed by atoms with van der Waals surface area (Å²) in [5, 5.41) is 2.57. The molecule has 1 heterocycles. The Morgan fingerprint density at radius 1 is 1.04 bits per heavy atom. The summed E-state index contributed by atoms with van der Waals surface area (Å²) in [4.78, 5) is 37.8. The van der Waals surface area contributed by atoms with Gasteiger partial charge in [0.15, 0.2) is 0 Å². The Morgan fingerprint density at radius 3 is 2.50 bits per heavy atom. The van der Waals surface area contributed by atoms with Crippen LogP contribution in [0.5, 0.6) is 0 Å². The summed E-state index contributed by atoms with van der Waals surface area (Å²) in [5.74, 6) is -1.46. The minimum Gasteiger partial charge on any atom is -0.273 e. The van der Waals surface area contributed by atoms with E-state index < -0.39 is 17.8 Å². The van der Waals surface area contributed by atoms with E-state index in [0.29, 0.717) is 20.7 Å². The third kappa shape index (κ3) is 3.11. The molecule has 120 valence electrons. The number of amides is 4. The molecule has 1 N–H and O–H groups in total. The molecule has 1 fully saturated rings. The highest BCUT2D eigenvalue weighted by molar-refractivity contribution is 9.10. The highest BCUT2D eigenvalue weighted by atomic mass is 79.9. The van der Waals surface area contributed by atoms with Gasteiger partial charge in [-0.05, 0) is 35.9 Å². The third-order valence-electron chi connectivity index (χ3n) is 3.37. The van der Waals surface area contributed by atoms with Gasteiger partial charge in [0.2, 0.25) is 0 Å². The normalized spacial score (nSPS) is 16.5. The molecule has 0 aromatic heterocycles. The van der Waals surface area contributed by atoms with Crippen LogP contribution in [0, 0.1) is 0 Å². The van der Waals surface area contributed by atoms with Gasteiger partial charge in [0.05, 0.1) is 5.69 Å². The first kappa shape index (κ1) is 16.4. The fourth-order valence-electron chi connectivity index (χ4n) is 2.25. The molecule has 5 nitrogen and oxygen atoms in total. The number of imide groups is 2. The van der Waals surface area contributed by atoms with E-state index in [1.54, 1.807) is 48.5 Å². The zero-order valence-electron chi connectivity index (χ0n) is 12.1. The van der Waals surface area contributed by atoms with Crippen molar-refractivity contribution in [1.29, 1.82) is 0 Å². The second-order valence-electron chi connectivity index (χ2n) is 4.96. The molecular weight excluding hydrogens is 396 g/mol. The molecule has 24 heavy (non-hydrogen) atoms. The van der Waals surface area contributed by atoms with Gasteiger partial charge in [-0.2, -0.15) is 0 Å². The van der Waals surface area contributed by atoms with E-state index in [4.69, 9.17) is 11.6 Å². The van der Waals surface area contributed by atoms with Crippen LogP contribution in [0.2, 0.25) is 5.02 Å². The van der Waals surface area contributed by atoms with E-state index in [1.807, 2.05) is 0 Å². The van der Waals surface area contributed by atoms with Gasteiger partial charge in [-0.15, -0.1) is 0 Å². The standard InChI is InChI=1S/C17H10BrClN2O3/c18-11-5-3-6-12(9-11)21-16(23)13(15(22)20-17(21)24)8-10-4-1-2-7-14(10)19/h1-9H,(H,20,22,24). The lowest BCUT2D eigenvalue weighted by Crippen LogP contribution is -2.54. The van der Waals surface area contributed by atoms with Crippen LogP contribution in [0.15, 0.2) is 58.6 Å². The van der Waals surface area contributed by atoms with E-state index in [2.05, 4.69) is 21.2 Å². The predicted octanol–water partition coefficient (Wildman–Crippen LogP) is 3.77. The number of urea groups is 1. The number of halogens is 2. The van der Waals surface area contributed by atoms with Gasteiger partial charge in [-0.1, -0.05) is 51.8 Å². The molecule has 0 aliphatic carbocycles. The van der Waals surface area contributed by atoms with Crippen LogP contribution in [-0.2, 0) is 9.59 Å². The topological polar surface area (TPSA) is 66.5 Å². The predicted molar refractivity (Wildman–Crippen MR) is 94.6 cm³/mol. The van der Waals surface area contributed by atoms with Crippen LogP contribution in [0.25, 0.3) is 6.08 Å². The molecule has 0 spiro atoms. The molecule has 3 rings (SSSR count). The highest BCUT2D eigenvalue weighted by Gasteiger charge is 2.36. The fourth-order valence-corrected chi connectivity index (χ4v) is 2.83. The molecule has 0 bridgehead atoms. The zero-order chi connectivity index (χ0) is 17.3. The Morgan fingerprint density at radius 2 is 1.79 bits per heavy atom. The minimum atomic E-state index is -0.792. The maximum atomic E-state index is 12.7. The molecule has 1 saturated heterocycles. The number of anilines is 1. The molecule has 4 amide bonds. The molecule has 0 saturated carbocycles. The lowest BCUT2D eigenvalue weighted by atomic mass is 10.1. The third-order valence-corrected chi connectivity index (χ3v) is 4.21. The smallest absolute Gasteiger partial charge is 0.273 e. The number of benzene rings is 2. The lowest BCUT2D eigenvalue weighted by Gasteiger charge is -2.26. The average molecular weight is 406 g/mol. The second kappa shape index (κ2) is 6.59. The first-order chi connectivity index (χ1) is 11.5. The maximum absolute atomic E-state index is 12.7. The van der Waals surface area contributed by atoms with Crippen molar-refractivity contribution in [2.75, 3.05) is 4.90 Å². The fraction of sp³-hybridized carbons (Fsp3) is 0. The van der Waals surface area contributed by atoms with E-state index in [9.17, 15) is 14.4 Å². The number of nitrogens with zero attached hydrogens (tertiary/aromatic N) is 1. The first-order valence-corrected chi connectivity index (χ1v) is 8.06. The molecule has 1 aliphatic heterocycles. The Labute approximate surface area is 151 Å². The van der Waals surface area contributed by atoms with Gasteiger partial charge in [0, 0.05) is 9.50 Å².